The Morgan fingerprint density at radius 1 is 1.04 bits per heavy atom. The van der Waals surface area contributed by atoms with Crippen molar-refractivity contribution in [2.24, 2.45) is 0 Å². The first-order chi connectivity index (χ1) is 11.0. The highest BCUT2D eigenvalue weighted by molar-refractivity contribution is 5.26. The van der Waals surface area contributed by atoms with Gasteiger partial charge in [-0.15, -0.1) is 13.2 Å². The Morgan fingerprint density at radius 3 is 2.57 bits per heavy atom. The van der Waals surface area contributed by atoms with Crippen molar-refractivity contribution in [3.8, 4) is 0 Å². The van der Waals surface area contributed by atoms with Crippen molar-refractivity contribution in [1.29, 1.82) is 0 Å². The summed E-state index contributed by atoms with van der Waals surface area (Å²) in [5.74, 6) is -0.589. The largest absolute Gasteiger partial charge is 0.368 e. The first-order valence-corrected chi connectivity index (χ1v) is 8.64. The van der Waals surface area contributed by atoms with E-state index in [-0.39, 0.29) is 30.7 Å². The van der Waals surface area contributed by atoms with Crippen LogP contribution in [0.2, 0.25) is 0 Å². The summed E-state index contributed by atoms with van der Waals surface area (Å²) in [6.45, 7) is 11.5. The van der Waals surface area contributed by atoms with Crippen molar-refractivity contribution in [3.63, 3.8) is 0 Å². The van der Waals surface area contributed by atoms with Gasteiger partial charge in [0.25, 0.3) is 0 Å². The van der Waals surface area contributed by atoms with Gasteiger partial charge in [-0.2, -0.15) is 0 Å². The van der Waals surface area contributed by atoms with E-state index in [1.807, 2.05) is 26.0 Å². The summed E-state index contributed by atoms with van der Waals surface area (Å²) in [5.41, 5.74) is 1.20. The molecule has 0 unspecified atom stereocenters. The average molecular weight is 320 g/mol. The van der Waals surface area contributed by atoms with Gasteiger partial charge in [-0.25, -0.2) is 0 Å². The van der Waals surface area contributed by atoms with Crippen LogP contribution in [0, 0.1) is 0 Å². The normalized spacial score (nSPS) is 37.8. The monoisotopic (exact) mass is 320 g/mol. The van der Waals surface area contributed by atoms with Crippen LogP contribution in [0.1, 0.15) is 46.0 Å². The van der Waals surface area contributed by atoms with Crippen molar-refractivity contribution >= 4 is 0 Å². The molecule has 3 heterocycles. The minimum Gasteiger partial charge on any atom is -0.368 e. The van der Waals surface area contributed by atoms with Crippen LogP contribution in [0.4, 0.5) is 0 Å². The van der Waals surface area contributed by atoms with Crippen molar-refractivity contribution in [2.45, 2.75) is 82.4 Å². The third-order valence-electron chi connectivity index (χ3n) is 4.61. The molecule has 0 radical (unpaired) electrons. The summed E-state index contributed by atoms with van der Waals surface area (Å²) in [4.78, 5) is 0. The number of hydrogen-bond donors (Lipinski definition) is 0. The average Bonchev–Trinajstić information content (AvgIpc) is 2.97. The SMILES string of the molecule is C=CCCC[C@@H]1C=C2[C@H]3OC(C)(C)O[C@H]3O[C@@H]2[C@H](CCC=C)O1. The number of ether oxygens (including phenoxy) is 4. The third kappa shape index (κ3) is 3.61. The van der Waals surface area contributed by atoms with E-state index < -0.39 is 5.79 Å². The first kappa shape index (κ1) is 16.9. The van der Waals surface area contributed by atoms with Gasteiger partial charge in [-0.1, -0.05) is 18.2 Å². The molecule has 0 bridgehead atoms. The minimum atomic E-state index is -0.589. The maximum Gasteiger partial charge on any atom is 0.191 e. The van der Waals surface area contributed by atoms with Crippen LogP contribution in [0.5, 0.6) is 0 Å². The van der Waals surface area contributed by atoms with Gasteiger partial charge < -0.3 is 18.9 Å². The number of unbranched alkanes of at least 4 members (excludes halogenated alkanes) is 1. The number of rotatable bonds is 7. The molecule has 0 spiro atoms. The van der Waals surface area contributed by atoms with Gasteiger partial charge >= 0.3 is 0 Å². The predicted molar refractivity (Wildman–Crippen MR) is 88.9 cm³/mol. The molecule has 0 saturated carbocycles. The van der Waals surface area contributed by atoms with E-state index in [1.54, 1.807) is 0 Å². The zero-order valence-electron chi connectivity index (χ0n) is 14.2. The lowest BCUT2D eigenvalue weighted by molar-refractivity contribution is -0.215. The molecule has 2 fully saturated rings. The molecule has 0 aromatic heterocycles. The molecule has 3 aliphatic heterocycles. The molecule has 23 heavy (non-hydrogen) atoms. The Balaban J connectivity index is 1.75. The highest BCUT2D eigenvalue weighted by Gasteiger charge is 2.54. The van der Waals surface area contributed by atoms with Crippen LogP contribution in [-0.4, -0.2) is 36.5 Å². The van der Waals surface area contributed by atoms with Gasteiger partial charge in [0.2, 0.25) is 0 Å². The van der Waals surface area contributed by atoms with E-state index in [2.05, 4.69) is 19.2 Å². The summed E-state index contributed by atoms with van der Waals surface area (Å²) in [6.07, 6.45) is 10.7. The summed E-state index contributed by atoms with van der Waals surface area (Å²) in [7, 11) is 0. The molecule has 3 rings (SSSR count). The Morgan fingerprint density at radius 2 is 1.83 bits per heavy atom. The summed E-state index contributed by atoms with van der Waals surface area (Å²) in [6, 6.07) is 0. The molecule has 0 aromatic rings. The van der Waals surface area contributed by atoms with Crippen molar-refractivity contribution < 1.29 is 18.9 Å². The Labute approximate surface area is 139 Å². The van der Waals surface area contributed by atoms with Gasteiger partial charge in [0.1, 0.15) is 12.2 Å². The fourth-order valence-electron chi connectivity index (χ4n) is 3.60. The highest BCUT2D eigenvalue weighted by atomic mass is 16.8. The summed E-state index contributed by atoms with van der Waals surface area (Å²) >= 11 is 0. The van der Waals surface area contributed by atoms with Gasteiger partial charge in [-0.05, 0) is 51.5 Å². The molecule has 0 aliphatic carbocycles. The number of hydrogen-bond acceptors (Lipinski definition) is 4. The second-order valence-electron chi connectivity index (χ2n) is 6.95. The van der Waals surface area contributed by atoms with Crippen LogP contribution in [0.15, 0.2) is 37.0 Å². The van der Waals surface area contributed by atoms with E-state index in [0.717, 1.165) is 32.1 Å². The fraction of sp³-hybridized carbons (Fsp3) is 0.684. The molecule has 0 N–H and O–H groups in total. The predicted octanol–water partition coefficient (Wildman–Crippen LogP) is 3.88. The van der Waals surface area contributed by atoms with Crippen molar-refractivity contribution in [1.82, 2.24) is 0 Å². The quantitative estimate of drug-likeness (QED) is 0.527. The lowest BCUT2D eigenvalue weighted by atomic mass is 9.93. The summed E-state index contributed by atoms with van der Waals surface area (Å²) < 4.78 is 24.3. The van der Waals surface area contributed by atoms with Crippen LogP contribution in [0.3, 0.4) is 0 Å². The molecule has 128 valence electrons. The lowest BCUT2D eigenvalue weighted by Crippen LogP contribution is -2.40. The Bertz CT molecular complexity index is 482. The summed E-state index contributed by atoms with van der Waals surface area (Å²) in [5, 5.41) is 0. The lowest BCUT2D eigenvalue weighted by Gasteiger charge is -2.34. The first-order valence-electron chi connectivity index (χ1n) is 8.64. The third-order valence-corrected chi connectivity index (χ3v) is 4.61. The van der Waals surface area contributed by atoms with Crippen LogP contribution >= 0.6 is 0 Å². The van der Waals surface area contributed by atoms with Gasteiger partial charge in [0.05, 0.1) is 12.2 Å². The second-order valence-corrected chi connectivity index (χ2v) is 6.95. The highest BCUT2D eigenvalue weighted by Crippen LogP contribution is 2.44. The van der Waals surface area contributed by atoms with Gasteiger partial charge in [-0.3, -0.25) is 0 Å². The van der Waals surface area contributed by atoms with Crippen molar-refractivity contribution in [2.75, 3.05) is 0 Å². The topological polar surface area (TPSA) is 36.9 Å². The maximum absolute atomic E-state index is 6.27. The van der Waals surface area contributed by atoms with E-state index in [9.17, 15) is 0 Å². The molecular formula is C19H28O4. The van der Waals surface area contributed by atoms with Gasteiger partial charge in [0.15, 0.2) is 12.1 Å². The Kier molecular flexibility index (Phi) is 5.07. The zero-order valence-corrected chi connectivity index (χ0v) is 14.2. The molecular weight excluding hydrogens is 292 g/mol. The van der Waals surface area contributed by atoms with Gasteiger partial charge in [0, 0.05) is 0 Å². The van der Waals surface area contributed by atoms with Crippen LogP contribution < -0.4 is 0 Å². The fourth-order valence-corrected chi connectivity index (χ4v) is 3.60. The minimum absolute atomic E-state index is 0.0441. The second kappa shape index (κ2) is 6.89. The van der Waals surface area contributed by atoms with Crippen LogP contribution in [-0.2, 0) is 18.9 Å². The molecule has 0 aromatic carbocycles. The molecule has 4 nitrogen and oxygen atoms in total. The Hall–Kier alpha value is -0.940. The number of fused-ring (bicyclic) bond motifs is 3. The maximum atomic E-state index is 6.27. The van der Waals surface area contributed by atoms with E-state index >= 15 is 0 Å². The number of allylic oxidation sites excluding steroid dienone is 2. The molecule has 0 amide bonds. The standard InChI is InChI=1S/C19H28O4/c1-5-7-9-10-13-12-14-16(15(20-13)11-8-6-2)21-18-17(14)22-19(3,4)23-18/h5-6,12-13,15-18H,1-2,7-11H2,3-4H3/t13-,15+,16+,17-,18-/m1/s1. The van der Waals surface area contributed by atoms with E-state index in [1.165, 1.54) is 5.57 Å². The molecule has 5 atom stereocenters. The molecule has 4 heteroatoms. The molecule has 3 aliphatic rings. The molecule has 2 saturated heterocycles. The zero-order chi connectivity index (χ0) is 16.4. The van der Waals surface area contributed by atoms with E-state index in [4.69, 9.17) is 18.9 Å². The smallest absolute Gasteiger partial charge is 0.191 e. The van der Waals surface area contributed by atoms with Crippen LogP contribution in [0.25, 0.3) is 0 Å². The van der Waals surface area contributed by atoms with Crippen molar-refractivity contribution in [3.05, 3.63) is 37.0 Å². The van der Waals surface area contributed by atoms with E-state index in [0.29, 0.717) is 0 Å².